The summed E-state index contributed by atoms with van der Waals surface area (Å²) in [5, 5.41) is 2.67. The minimum atomic E-state index is -3.97. The number of fused-ring (bicyclic) bond motifs is 1. The van der Waals surface area contributed by atoms with Crippen LogP contribution in [0.1, 0.15) is 30.2 Å². The molecule has 2 aromatic carbocycles. The van der Waals surface area contributed by atoms with Gasteiger partial charge in [0.25, 0.3) is 15.9 Å². The van der Waals surface area contributed by atoms with E-state index in [9.17, 15) is 18.0 Å². The lowest BCUT2D eigenvalue weighted by molar-refractivity contribution is 0.0938. The van der Waals surface area contributed by atoms with Crippen LogP contribution in [0.3, 0.4) is 0 Å². The summed E-state index contributed by atoms with van der Waals surface area (Å²) in [6.07, 6.45) is 0. The van der Waals surface area contributed by atoms with Crippen molar-refractivity contribution in [3.05, 3.63) is 57.7 Å². The maximum atomic E-state index is 13.0. The predicted molar refractivity (Wildman–Crippen MR) is 118 cm³/mol. The maximum Gasteiger partial charge on any atom is 0.308 e. The number of nitrogens with zero attached hydrogens (tertiary/aromatic N) is 1. The van der Waals surface area contributed by atoms with Crippen LogP contribution in [0.5, 0.6) is 0 Å². The Labute approximate surface area is 178 Å². The molecule has 10 heteroatoms. The van der Waals surface area contributed by atoms with E-state index in [1.807, 2.05) is 13.8 Å². The number of carbonyl (C=O) groups excluding carboxylic acids is 1. The lowest BCUT2D eigenvalue weighted by Crippen LogP contribution is -2.28. The molecule has 160 valence electrons. The lowest BCUT2D eigenvalue weighted by Gasteiger charge is -2.13. The van der Waals surface area contributed by atoms with Gasteiger partial charge in [-0.05, 0) is 44.2 Å². The standard InChI is InChI=1S/C20H23N3O5S2/c1-13(2)23-17-9-8-14(12-18(17)29-20(23)25)30(26,27)22-16-7-5-4-6-15(16)19(24)21-10-11-28-3/h4-9,12-13,22H,10-11H2,1-3H3,(H,21,24). The smallest absolute Gasteiger partial charge is 0.308 e. The first-order valence-electron chi connectivity index (χ1n) is 9.28. The topological polar surface area (TPSA) is 106 Å². The summed E-state index contributed by atoms with van der Waals surface area (Å²) in [6.45, 7) is 4.44. The molecule has 1 heterocycles. The van der Waals surface area contributed by atoms with Crippen molar-refractivity contribution in [1.29, 1.82) is 0 Å². The Hall–Kier alpha value is -2.69. The molecule has 3 aromatic rings. The molecule has 1 amide bonds. The third-order valence-electron chi connectivity index (χ3n) is 4.42. The van der Waals surface area contributed by atoms with Crippen LogP contribution in [-0.2, 0) is 14.8 Å². The van der Waals surface area contributed by atoms with Crippen molar-refractivity contribution in [2.24, 2.45) is 0 Å². The van der Waals surface area contributed by atoms with E-state index in [0.29, 0.717) is 23.4 Å². The van der Waals surface area contributed by atoms with Gasteiger partial charge < -0.3 is 10.1 Å². The second-order valence-electron chi connectivity index (χ2n) is 6.86. The molecule has 0 spiro atoms. The highest BCUT2D eigenvalue weighted by Gasteiger charge is 2.20. The summed E-state index contributed by atoms with van der Waals surface area (Å²) < 4.78 is 35.5. The number of carbonyl (C=O) groups is 1. The van der Waals surface area contributed by atoms with Crippen LogP contribution in [0.15, 0.2) is 52.2 Å². The van der Waals surface area contributed by atoms with Crippen LogP contribution in [0.2, 0.25) is 0 Å². The largest absolute Gasteiger partial charge is 0.383 e. The summed E-state index contributed by atoms with van der Waals surface area (Å²) in [4.78, 5) is 24.5. The lowest BCUT2D eigenvalue weighted by atomic mass is 10.2. The monoisotopic (exact) mass is 449 g/mol. The molecule has 0 aliphatic carbocycles. The maximum absolute atomic E-state index is 13.0. The van der Waals surface area contributed by atoms with E-state index < -0.39 is 15.9 Å². The Bertz CT molecular complexity index is 1230. The second-order valence-corrected chi connectivity index (χ2v) is 9.54. The molecule has 0 fully saturated rings. The van der Waals surface area contributed by atoms with E-state index in [-0.39, 0.29) is 27.1 Å². The minimum Gasteiger partial charge on any atom is -0.383 e. The summed E-state index contributed by atoms with van der Waals surface area (Å²) in [5.74, 6) is -0.409. The number of hydrogen-bond acceptors (Lipinski definition) is 6. The molecule has 0 radical (unpaired) electrons. The van der Waals surface area contributed by atoms with E-state index in [0.717, 1.165) is 11.3 Å². The number of rotatable bonds is 8. The Morgan fingerprint density at radius 3 is 2.63 bits per heavy atom. The molecule has 3 rings (SSSR count). The predicted octanol–water partition coefficient (Wildman–Crippen LogP) is 2.82. The number of para-hydroxylation sites is 1. The normalized spacial score (nSPS) is 11.7. The van der Waals surface area contributed by atoms with Gasteiger partial charge in [-0.25, -0.2) is 8.42 Å². The average Bonchev–Trinajstić information content (AvgIpc) is 3.03. The van der Waals surface area contributed by atoms with Crippen molar-refractivity contribution >= 4 is 43.2 Å². The fourth-order valence-corrected chi connectivity index (χ4v) is 5.24. The summed E-state index contributed by atoms with van der Waals surface area (Å²) >= 11 is 1.00. The van der Waals surface area contributed by atoms with Crippen LogP contribution in [-0.4, -0.2) is 39.2 Å². The number of ether oxygens (including phenoxy) is 1. The fourth-order valence-electron chi connectivity index (χ4n) is 3.01. The number of benzene rings is 2. The molecule has 0 saturated carbocycles. The highest BCUT2D eigenvalue weighted by atomic mass is 32.2. The molecule has 0 atom stereocenters. The third-order valence-corrected chi connectivity index (χ3v) is 6.70. The SMILES string of the molecule is COCCNC(=O)c1ccccc1NS(=O)(=O)c1ccc2c(c1)sc(=O)n2C(C)C. The fraction of sp³-hybridized carbons (Fsp3) is 0.300. The molecule has 8 nitrogen and oxygen atoms in total. The molecule has 0 saturated heterocycles. The number of methoxy groups -OCH3 is 1. The summed E-state index contributed by atoms with van der Waals surface area (Å²) in [7, 11) is -2.44. The molecule has 0 aliphatic rings. The highest BCUT2D eigenvalue weighted by Crippen LogP contribution is 2.26. The van der Waals surface area contributed by atoms with Crippen LogP contribution in [0.4, 0.5) is 5.69 Å². The molecule has 0 aliphatic heterocycles. The van der Waals surface area contributed by atoms with Gasteiger partial charge in [-0.2, -0.15) is 0 Å². The van der Waals surface area contributed by atoms with Crippen LogP contribution < -0.4 is 14.9 Å². The minimum absolute atomic E-state index is 0.0155. The van der Waals surface area contributed by atoms with Gasteiger partial charge in [0, 0.05) is 19.7 Å². The van der Waals surface area contributed by atoms with Gasteiger partial charge in [-0.1, -0.05) is 23.5 Å². The van der Waals surface area contributed by atoms with E-state index in [2.05, 4.69) is 10.0 Å². The van der Waals surface area contributed by atoms with Gasteiger partial charge in [0.1, 0.15) is 0 Å². The van der Waals surface area contributed by atoms with Crippen molar-refractivity contribution < 1.29 is 17.9 Å². The highest BCUT2D eigenvalue weighted by molar-refractivity contribution is 7.92. The molecule has 1 aromatic heterocycles. The van der Waals surface area contributed by atoms with Gasteiger partial charge >= 0.3 is 4.87 Å². The Morgan fingerprint density at radius 2 is 1.93 bits per heavy atom. The van der Waals surface area contributed by atoms with E-state index in [4.69, 9.17) is 4.74 Å². The zero-order valence-electron chi connectivity index (χ0n) is 16.8. The number of sulfonamides is 1. The van der Waals surface area contributed by atoms with Crippen molar-refractivity contribution in [1.82, 2.24) is 9.88 Å². The average molecular weight is 450 g/mol. The van der Waals surface area contributed by atoms with Crippen LogP contribution in [0, 0.1) is 0 Å². The molecular formula is C20H23N3O5S2. The van der Waals surface area contributed by atoms with E-state index >= 15 is 0 Å². The van der Waals surface area contributed by atoms with E-state index in [1.165, 1.54) is 31.4 Å². The quantitative estimate of drug-likeness (QED) is 0.515. The number of amides is 1. The molecule has 2 N–H and O–H groups in total. The van der Waals surface area contributed by atoms with E-state index in [1.54, 1.807) is 22.8 Å². The van der Waals surface area contributed by atoms with Crippen molar-refractivity contribution in [3.8, 4) is 0 Å². The van der Waals surface area contributed by atoms with Gasteiger partial charge in [0.05, 0.1) is 33.0 Å². The number of nitrogens with one attached hydrogen (secondary N) is 2. The van der Waals surface area contributed by atoms with Crippen molar-refractivity contribution in [2.45, 2.75) is 24.8 Å². The first-order valence-corrected chi connectivity index (χ1v) is 11.6. The Balaban J connectivity index is 1.92. The Morgan fingerprint density at radius 1 is 1.20 bits per heavy atom. The van der Waals surface area contributed by atoms with Gasteiger partial charge in [-0.15, -0.1) is 0 Å². The first-order chi connectivity index (χ1) is 14.2. The molecular weight excluding hydrogens is 426 g/mol. The summed E-state index contributed by atoms with van der Waals surface area (Å²) in [5.41, 5.74) is 1.06. The van der Waals surface area contributed by atoms with Gasteiger partial charge in [0.2, 0.25) is 0 Å². The molecule has 0 unspecified atom stereocenters. The number of thiazole rings is 1. The van der Waals surface area contributed by atoms with Gasteiger partial charge in [0.15, 0.2) is 0 Å². The van der Waals surface area contributed by atoms with Gasteiger partial charge in [-0.3, -0.25) is 18.9 Å². The zero-order valence-corrected chi connectivity index (χ0v) is 18.5. The van der Waals surface area contributed by atoms with Crippen LogP contribution >= 0.6 is 11.3 Å². The van der Waals surface area contributed by atoms with Crippen LogP contribution in [0.25, 0.3) is 10.2 Å². The first kappa shape index (κ1) is 22.0. The number of aromatic nitrogens is 1. The number of anilines is 1. The Kier molecular flexibility index (Phi) is 6.59. The molecule has 30 heavy (non-hydrogen) atoms. The molecule has 0 bridgehead atoms. The number of hydrogen-bond donors (Lipinski definition) is 2. The van der Waals surface area contributed by atoms with Crippen molar-refractivity contribution in [3.63, 3.8) is 0 Å². The van der Waals surface area contributed by atoms with Crippen molar-refractivity contribution in [2.75, 3.05) is 25.0 Å². The third kappa shape index (κ3) is 4.55. The zero-order chi connectivity index (χ0) is 21.9. The summed E-state index contributed by atoms with van der Waals surface area (Å²) in [6, 6.07) is 10.9. The second kappa shape index (κ2) is 8.99.